The number of nitrogens with one attached hydrogen (secondary N) is 1. The van der Waals surface area contributed by atoms with E-state index in [1.54, 1.807) is 56.8 Å². The van der Waals surface area contributed by atoms with E-state index in [1.807, 2.05) is 24.3 Å². The molecule has 1 N–H and O–H groups in total. The van der Waals surface area contributed by atoms with Crippen molar-refractivity contribution >= 4 is 23.3 Å². The lowest BCUT2D eigenvalue weighted by Crippen LogP contribution is -2.12. The average Bonchev–Trinajstić information content (AvgIpc) is 2.94. The van der Waals surface area contributed by atoms with Crippen LogP contribution >= 0.6 is 11.6 Å². The lowest BCUT2D eigenvalue weighted by molar-refractivity contribution is 0.102. The van der Waals surface area contributed by atoms with Gasteiger partial charge in [0.1, 0.15) is 23.1 Å². The van der Waals surface area contributed by atoms with Crippen LogP contribution in [-0.4, -0.2) is 36.7 Å². The first kappa shape index (κ1) is 25.4. The number of carbonyl (C=O) groups excluding carboxylic acids is 1. The predicted molar refractivity (Wildman–Crippen MR) is 145 cm³/mol. The molecule has 38 heavy (non-hydrogen) atoms. The molecule has 8 nitrogen and oxygen atoms in total. The van der Waals surface area contributed by atoms with Gasteiger partial charge in [-0.2, -0.15) is 4.98 Å². The minimum atomic E-state index is -0.297. The first-order valence-corrected chi connectivity index (χ1v) is 12.4. The predicted octanol–water partition coefficient (Wildman–Crippen LogP) is 6.74. The largest absolute Gasteiger partial charge is 0.493 e. The van der Waals surface area contributed by atoms with Crippen molar-refractivity contribution in [3.8, 4) is 40.1 Å². The molecule has 0 bridgehead atoms. The summed E-state index contributed by atoms with van der Waals surface area (Å²) in [7, 11) is 3.08. The first-order chi connectivity index (χ1) is 18.4. The number of methoxy groups -OCH3 is 2. The molecule has 1 atom stereocenters. The standard InChI is InChI=1S/C29H26ClN3O5/c1-17-12-13-37-24-15-25(23(30)14-22(17)24)38-20-7-4-18(5-8-20)28(34)32-26-10-6-19(16-31-26)21-9-11-27(35-2)33-29(21)36-3/h4-11,14-17H,12-13H2,1-3H3,(H,31,32,34). The van der Waals surface area contributed by atoms with Crippen LogP contribution in [0.3, 0.4) is 0 Å². The molecule has 9 heteroatoms. The molecular formula is C29H26ClN3O5. The van der Waals surface area contributed by atoms with Gasteiger partial charge in [-0.05, 0) is 66.4 Å². The Bertz CT molecular complexity index is 1460. The van der Waals surface area contributed by atoms with E-state index in [2.05, 4.69) is 22.2 Å². The Hall–Kier alpha value is -4.30. The topological polar surface area (TPSA) is 91.8 Å². The van der Waals surface area contributed by atoms with Crippen molar-refractivity contribution in [1.82, 2.24) is 9.97 Å². The average molecular weight is 532 g/mol. The number of pyridine rings is 2. The maximum absolute atomic E-state index is 12.8. The number of carbonyl (C=O) groups is 1. The van der Waals surface area contributed by atoms with Crippen molar-refractivity contribution in [1.29, 1.82) is 0 Å². The summed E-state index contributed by atoms with van der Waals surface area (Å²) in [4.78, 5) is 21.4. The molecule has 0 fully saturated rings. The molecule has 1 amide bonds. The molecule has 0 aliphatic carbocycles. The normalized spacial score (nSPS) is 14.2. The van der Waals surface area contributed by atoms with Gasteiger partial charge in [0.2, 0.25) is 11.8 Å². The van der Waals surface area contributed by atoms with Gasteiger partial charge in [0.05, 0.1) is 25.8 Å². The van der Waals surface area contributed by atoms with E-state index in [0.717, 1.165) is 28.9 Å². The zero-order valence-electron chi connectivity index (χ0n) is 21.2. The third-order valence-electron chi connectivity index (χ3n) is 6.30. The van der Waals surface area contributed by atoms with Gasteiger partial charge in [0.25, 0.3) is 5.91 Å². The second-order valence-corrected chi connectivity index (χ2v) is 9.19. The van der Waals surface area contributed by atoms with E-state index in [9.17, 15) is 4.79 Å². The highest BCUT2D eigenvalue weighted by atomic mass is 35.5. The van der Waals surface area contributed by atoms with Crippen molar-refractivity contribution in [2.24, 2.45) is 0 Å². The number of benzene rings is 2. The molecule has 1 unspecified atom stereocenters. The molecule has 2 aromatic heterocycles. The summed E-state index contributed by atoms with van der Waals surface area (Å²) in [6, 6.07) is 17.6. The summed E-state index contributed by atoms with van der Waals surface area (Å²) in [5, 5.41) is 3.32. The molecule has 3 heterocycles. The van der Waals surface area contributed by atoms with Crippen LogP contribution in [0, 0.1) is 0 Å². The zero-order valence-corrected chi connectivity index (χ0v) is 21.9. The number of anilines is 1. The van der Waals surface area contributed by atoms with Crippen LogP contribution in [0.25, 0.3) is 11.1 Å². The SMILES string of the molecule is COc1ccc(-c2ccc(NC(=O)c3ccc(Oc4cc5c(cc4Cl)C(C)CCO5)cc3)nc2)c(OC)n1. The smallest absolute Gasteiger partial charge is 0.256 e. The molecule has 194 valence electrons. The summed E-state index contributed by atoms with van der Waals surface area (Å²) < 4.78 is 22.3. The minimum Gasteiger partial charge on any atom is -0.493 e. The maximum Gasteiger partial charge on any atom is 0.256 e. The van der Waals surface area contributed by atoms with Gasteiger partial charge in [-0.15, -0.1) is 0 Å². The molecule has 0 spiro atoms. The Morgan fingerprint density at radius 1 is 1.05 bits per heavy atom. The Kier molecular flexibility index (Phi) is 7.33. The van der Waals surface area contributed by atoms with Crippen LogP contribution in [0.1, 0.15) is 35.2 Å². The van der Waals surface area contributed by atoms with Gasteiger partial charge in [-0.1, -0.05) is 18.5 Å². The Labute approximate surface area is 225 Å². The van der Waals surface area contributed by atoms with Gasteiger partial charge < -0.3 is 24.3 Å². The molecule has 2 aromatic carbocycles. The fraction of sp³-hybridized carbons (Fsp3) is 0.207. The fourth-order valence-electron chi connectivity index (χ4n) is 4.17. The monoisotopic (exact) mass is 531 g/mol. The molecule has 0 saturated carbocycles. The van der Waals surface area contributed by atoms with E-state index >= 15 is 0 Å². The number of aromatic nitrogens is 2. The molecular weight excluding hydrogens is 506 g/mol. The molecule has 1 aliphatic rings. The third kappa shape index (κ3) is 5.35. The Morgan fingerprint density at radius 3 is 2.58 bits per heavy atom. The van der Waals surface area contributed by atoms with E-state index < -0.39 is 0 Å². The van der Waals surface area contributed by atoms with Gasteiger partial charge in [0, 0.05) is 35.0 Å². The lowest BCUT2D eigenvalue weighted by Gasteiger charge is -2.24. The van der Waals surface area contributed by atoms with Crippen molar-refractivity contribution in [2.75, 3.05) is 26.1 Å². The van der Waals surface area contributed by atoms with Crippen molar-refractivity contribution in [2.45, 2.75) is 19.3 Å². The van der Waals surface area contributed by atoms with E-state index in [0.29, 0.717) is 52.2 Å². The van der Waals surface area contributed by atoms with Crippen molar-refractivity contribution < 1.29 is 23.7 Å². The lowest BCUT2D eigenvalue weighted by atomic mass is 9.95. The van der Waals surface area contributed by atoms with Crippen LogP contribution in [0.4, 0.5) is 5.82 Å². The molecule has 1 aliphatic heterocycles. The Balaban J connectivity index is 1.25. The van der Waals surface area contributed by atoms with Crippen LogP contribution < -0.4 is 24.3 Å². The fourth-order valence-corrected chi connectivity index (χ4v) is 4.38. The molecule has 5 rings (SSSR count). The second-order valence-electron chi connectivity index (χ2n) is 8.78. The Morgan fingerprint density at radius 2 is 1.87 bits per heavy atom. The molecule has 4 aromatic rings. The minimum absolute atomic E-state index is 0.297. The highest BCUT2D eigenvalue weighted by molar-refractivity contribution is 6.32. The van der Waals surface area contributed by atoms with E-state index in [-0.39, 0.29) is 5.91 Å². The molecule has 0 saturated heterocycles. The van der Waals surface area contributed by atoms with E-state index in [1.165, 1.54) is 0 Å². The summed E-state index contributed by atoms with van der Waals surface area (Å²) in [5.74, 6) is 3.22. The number of ether oxygens (including phenoxy) is 4. The number of rotatable bonds is 7. The third-order valence-corrected chi connectivity index (χ3v) is 6.60. The zero-order chi connectivity index (χ0) is 26.6. The summed E-state index contributed by atoms with van der Waals surface area (Å²) >= 11 is 6.46. The van der Waals surface area contributed by atoms with Gasteiger partial charge in [-0.3, -0.25) is 4.79 Å². The first-order valence-electron chi connectivity index (χ1n) is 12.1. The number of nitrogens with zero attached hydrogens (tertiary/aromatic N) is 2. The molecule has 0 radical (unpaired) electrons. The van der Waals surface area contributed by atoms with E-state index in [4.69, 9.17) is 30.5 Å². The van der Waals surface area contributed by atoms with Crippen LogP contribution in [0.5, 0.6) is 29.0 Å². The van der Waals surface area contributed by atoms with Gasteiger partial charge in [0.15, 0.2) is 0 Å². The highest BCUT2D eigenvalue weighted by Crippen LogP contribution is 2.41. The van der Waals surface area contributed by atoms with Crippen LogP contribution in [0.15, 0.2) is 66.9 Å². The van der Waals surface area contributed by atoms with Crippen molar-refractivity contribution in [3.63, 3.8) is 0 Å². The number of halogens is 1. The van der Waals surface area contributed by atoms with Gasteiger partial charge >= 0.3 is 0 Å². The number of hydrogen-bond donors (Lipinski definition) is 1. The number of amides is 1. The number of hydrogen-bond acceptors (Lipinski definition) is 7. The summed E-state index contributed by atoms with van der Waals surface area (Å²) in [6.45, 7) is 2.82. The summed E-state index contributed by atoms with van der Waals surface area (Å²) in [6.07, 6.45) is 2.60. The second kappa shape index (κ2) is 11.0. The van der Waals surface area contributed by atoms with Gasteiger partial charge in [-0.25, -0.2) is 4.98 Å². The maximum atomic E-state index is 12.8. The van der Waals surface area contributed by atoms with Crippen molar-refractivity contribution in [3.05, 3.63) is 83.0 Å². The number of fused-ring (bicyclic) bond motifs is 1. The van der Waals surface area contributed by atoms with Crippen LogP contribution in [-0.2, 0) is 0 Å². The summed E-state index contributed by atoms with van der Waals surface area (Å²) in [5.41, 5.74) is 3.09. The quantitative estimate of drug-likeness (QED) is 0.282. The highest BCUT2D eigenvalue weighted by Gasteiger charge is 2.21. The van der Waals surface area contributed by atoms with Crippen LogP contribution in [0.2, 0.25) is 5.02 Å².